The molecule has 1 fully saturated rings. The van der Waals surface area contributed by atoms with Crippen LogP contribution in [0.15, 0.2) is 59.0 Å². The third-order valence-corrected chi connectivity index (χ3v) is 9.23. The van der Waals surface area contributed by atoms with Crippen molar-refractivity contribution in [2.75, 3.05) is 0 Å². The molecule has 45 heavy (non-hydrogen) atoms. The fraction of sp³-hybridized carbons (Fsp3) is 0.324. The van der Waals surface area contributed by atoms with Gasteiger partial charge in [-0.1, -0.05) is 29.8 Å². The number of carboxylic acids is 1. The number of carbonyl (C=O) groups is 1. The van der Waals surface area contributed by atoms with Crippen molar-refractivity contribution in [2.45, 2.75) is 58.1 Å². The Kier molecular flexibility index (Phi) is 7.50. The van der Waals surface area contributed by atoms with Crippen LogP contribution in [-0.2, 0) is 19.6 Å². The van der Waals surface area contributed by atoms with Crippen molar-refractivity contribution in [1.82, 2.24) is 19.5 Å². The molecule has 2 aliphatic rings. The van der Waals surface area contributed by atoms with Crippen molar-refractivity contribution in [2.24, 2.45) is 11.3 Å². The maximum atomic E-state index is 13.7. The Morgan fingerprint density at radius 3 is 2.82 bits per heavy atom. The number of hydrogen-bond donors (Lipinski definition) is 1. The van der Waals surface area contributed by atoms with Crippen molar-refractivity contribution in [3.8, 4) is 11.9 Å². The molecule has 1 saturated carbocycles. The van der Waals surface area contributed by atoms with Crippen LogP contribution in [0, 0.1) is 28.7 Å². The number of imidazole rings is 1. The third-order valence-electron chi connectivity index (χ3n) is 8.90. The number of benzene rings is 1. The Hall–Kier alpha value is -4.75. The van der Waals surface area contributed by atoms with Crippen molar-refractivity contribution in [3.05, 3.63) is 88.4 Å². The number of pyridine rings is 2. The Labute approximate surface area is 262 Å². The first kappa shape index (κ1) is 29.0. The minimum absolute atomic E-state index is 0.0133. The second-order valence-corrected chi connectivity index (χ2v) is 12.4. The average Bonchev–Trinajstić information content (AvgIpc) is 3.55. The highest BCUT2D eigenvalue weighted by atomic mass is 35.5. The van der Waals surface area contributed by atoms with Gasteiger partial charge in [0.05, 0.1) is 16.8 Å². The van der Waals surface area contributed by atoms with E-state index in [2.05, 4.69) is 21.7 Å². The van der Waals surface area contributed by atoms with E-state index in [1.54, 1.807) is 24.3 Å². The molecule has 4 heterocycles. The molecule has 1 atom stereocenters. The number of nitriles is 1. The van der Waals surface area contributed by atoms with E-state index in [9.17, 15) is 19.6 Å². The van der Waals surface area contributed by atoms with Gasteiger partial charge in [0, 0.05) is 47.9 Å². The molecule has 0 radical (unpaired) electrons. The van der Waals surface area contributed by atoms with Gasteiger partial charge in [-0.3, -0.25) is 0 Å². The summed E-state index contributed by atoms with van der Waals surface area (Å²) in [7, 11) is 0. The highest BCUT2D eigenvalue weighted by molar-refractivity contribution is 6.35. The van der Waals surface area contributed by atoms with Gasteiger partial charge in [0.15, 0.2) is 11.3 Å². The predicted octanol–water partition coefficient (Wildman–Crippen LogP) is 7.76. The molecule has 4 aromatic heterocycles. The second-order valence-electron chi connectivity index (χ2n) is 12.0. The quantitative estimate of drug-likeness (QED) is 0.167. The topological polar surface area (TPSA) is 127 Å². The highest BCUT2D eigenvalue weighted by Gasteiger charge is 2.43. The summed E-state index contributed by atoms with van der Waals surface area (Å²) in [5.41, 5.74) is 4.16. The molecule has 1 aromatic carbocycles. The van der Waals surface area contributed by atoms with Crippen LogP contribution in [-0.4, -0.2) is 30.6 Å². The first-order valence-corrected chi connectivity index (χ1v) is 15.3. The largest absolute Gasteiger partial charge is 0.477 e. The fourth-order valence-electron chi connectivity index (χ4n) is 6.18. The number of hydrogen-bond acceptors (Lipinski definition) is 7. The first-order chi connectivity index (χ1) is 21.8. The summed E-state index contributed by atoms with van der Waals surface area (Å²) in [5, 5.41) is 19.8. The first-order valence-electron chi connectivity index (χ1n) is 14.9. The normalized spacial score (nSPS) is 17.3. The Balaban J connectivity index is 1.06. The van der Waals surface area contributed by atoms with Crippen LogP contribution in [0.1, 0.15) is 66.1 Å². The van der Waals surface area contributed by atoms with Gasteiger partial charge in [0.25, 0.3) is 6.01 Å². The van der Waals surface area contributed by atoms with Crippen LogP contribution in [0.2, 0.25) is 5.02 Å². The lowest BCUT2D eigenvalue weighted by atomic mass is 9.86. The van der Waals surface area contributed by atoms with Crippen molar-refractivity contribution in [3.63, 3.8) is 0 Å². The Bertz CT molecular complexity index is 2020. The minimum Gasteiger partial charge on any atom is -0.477 e. The van der Waals surface area contributed by atoms with Gasteiger partial charge in [0.1, 0.15) is 23.5 Å². The number of carboxylic acid groups (broad SMARTS) is 1. The summed E-state index contributed by atoms with van der Waals surface area (Å²) in [5.74, 6) is 0.605. The molecule has 0 spiro atoms. The van der Waals surface area contributed by atoms with Gasteiger partial charge in [-0.05, 0) is 67.9 Å². The van der Waals surface area contributed by atoms with E-state index >= 15 is 0 Å². The highest BCUT2D eigenvalue weighted by Crippen LogP contribution is 2.50. The fourth-order valence-corrected chi connectivity index (χ4v) is 6.38. The Morgan fingerprint density at radius 1 is 1.20 bits per heavy atom. The molecule has 228 valence electrons. The van der Waals surface area contributed by atoms with E-state index in [1.165, 1.54) is 12.1 Å². The van der Waals surface area contributed by atoms with Crippen molar-refractivity contribution < 1.29 is 23.4 Å². The predicted molar refractivity (Wildman–Crippen MR) is 165 cm³/mol. The molecule has 0 amide bonds. The summed E-state index contributed by atoms with van der Waals surface area (Å²) < 4.78 is 27.0. The lowest BCUT2D eigenvalue weighted by Gasteiger charge is -2.23. The molecule has 11 heteroatoms. The van der Waals surface area contributed by atoms with E-state index in [0.717, 1.165) is 55.6 Å². The van der Waals surface area contributed by atoms with Crippen LogP contribution in [0.25, 0.3) is 27.7 Å². The summed E-state index contributed by atoms with van der Waals surface area (Å²) >= 11 is 6.18. The van der Waals surface area contributed by atoms with Gasteiger partial charge in [-0.25, -0.2) is 19.7 Å². The second kappa shape index (κ2) is 11.6. The van der Waals surface area contributed by atoms with E-state index < -0.39 is 12.0 Å². The van der Waals surface area contributed by atoms with Gasteiger partial charge >= 0.3 is 5.97 Å². The zero-order valence-corrected chi connectivity index (χ0v) is 25.1. The molecule has 9 nitrogen and oxygen atoms in total. The molecule has 2 aliphatic carbocycles. The van der Waals surface area contributed by atoms with Gasteiger partial charge in [0.2, 0.25) is 5.88 Å². The SMILES string of the molecule is N#CCC1(Cn2c(CC3CC=C(c4cccc(OCc5ccc(Cl)c6cc(F)oc56)n4)CC3)nc3ccc(C(=O)O)nc32)CC1. The number of aromatic nitrogens is 4. The van der Waals surface area contributed by atoms with Crippen LogP contribution in [0.3, 0.4) is 0 Å². The summed E-state index contributed by atoms with van der Waals surface area (Å²) in [6, 6.07) is 15.2. The zero-order chi connectivity index (χ0) is 31.1. The van der Waals surface area contributed by atoms with Crippen molar-refractivity contribution in [1.29, 1.82) is 5.26 Å². The van der Waals surface area contributed by atoms with Crippen LogP contribution >= 0.6 is 11.6 Å². The Morgan fingerprint density at radius 2 is 2.07 bits per heavy atom. The van der Waals surface area contributed by atoms with Crippen LogP contribution in [0.5, 0.6) is 5.88 Å². The standard InChI is InChI=1S/C34H29ClFN5O4/c35-24-9-8-22(31-23(24)17-28(36)45-31)18-44-30-3-1-2-25(39-30)21-6-4-20(5-7-21)16-29-38-26-10-11-27(33(42)43)40-32(26)41(29)19-34(12-13-34)14-15-37/h1-3,6,8-11,17,20H,4-5,7,12-14,16,18-19H2,(H,42,43). The number of rotatable bonds is 10. The summed E-state index contributed by atoms with van der Waals surface area (Å²) in [6.07, 6.45) is 7.96. The minimum atomic E-state index is -1.08. The monoisotopic (exact) mass is 625 g/mol. The van der Waals surface area contributed by atoms with E-state index in [1.807, 2.05) is 12.1 Å². The number of furan rings is 1. The molecule has 5 aromatic rings. The number of halogens is 2. The molecular weight excluding hydrogens is 597 g/mol. The molecule has 1 N–H and O–H groups in total. The number of aromatic carboxylic acids is 1. The number of fused-ring (bicyclic) bond motifs is 2. The molecular formula is C34H29ClFN5O4. The van der Waals surface area contributed by atoms with Gasteiger partial charge < -0.3 is 18.8 Å². The molecule has 0 bridgehead atoms. The van der Waals surface area contributed by atoms with Crippen molar-refractivity contribution >= 4 is 45.3 Å². The van der Waals surface area contributed by atoms with Crippen LogP contribution < -0.4 is 4.74 Å². The van der Waals surface area contributed by atoms with E-state index in [4.69, 9.17) is 30.7 Å². The lowest BCUT2D eigenvalue weighted by molar-refractivity contribution is 0.0691. The van der Waals surface area contributed by atoms with E-state index in [-0.39, 0.29) is 17.7 Å². The van der Waals surface area contributed by atoms with E-state index in [0.29, 0.717) is 57.5 Å². The van der Waals surface area contributed by atoms with Gasteiger partial charge in [-0.15, -0.1) is 0 Å². The number of ether oxygens (including phenoxy) is 1. The number of allylic oxidation sites excluding steroid dienone is 2. The molecule has 1 unspecified atom stereocenters. The maximum absolute atomic E-state index is 13.7. The summed E-state index contributed by atoms with van der Waals surface area (Å²) in [6.45, 7) is 0.765. The smallest absolute Gasteiger partial charge is 0.354 e. The number of nitrogens with zero attached hydrogens (tertiary/aromatic N) is 5. The van der Waals surface area contributed by atoms with Gasteiger partial charge in [-0.2, -0.15) is 9.65 Å². The molecule has 7 rings (SSSR count). The molecule has 0 aliphatic heterocycles. The summed E-state index contributed by atoms with van der Waals surface area (Å²) in [4.78, 5) is 25.7. The lowest BCUT2D eigenvalue weighted by Crippen LogP contribution is -2.18. The molecule has 0 saturated heterocycles. The third kappa shape index (κ3) is 5.88. The average molecular weight is 626 g/mol. The maximum Gasteiger partial charge on any atom is 0.354 e. The van der Waals surface area contributed by atoms with Crippen LogP contribution in [0.4, 0.5) is 4.39 Å². The zero-order valence-electron chi connectivity index (χ0n) is 24.3.